The molecule has 59 heavy (non-hydrogen) atoms. The van der Waals surface area contributed by atoms with E-state index in [0.29, 0.717) is 53.6 Å². The molecule has 2 saturated heterocycles. The maximum Gasteiger partial charge on any atom is 0.263 e. The quantitative estimate of drug-likeness (QED) is 0.0691. The van der Waals surface area contributed by atoms with Crippen LogP contribution in [0.2, 0.25) is 0 Å². The van der Waals surface area contributed by atoms with Gasteiger partial charge in [0.05, 0.1) is 27.5 Å². The average Bonchev–Trinajstić information content (AvgIpc) is 3.75. The van der Waals surface area contributed by atoms with E-state index in [9.17, 15) is 28.4 Å². The number of ether oxygens (including phenoxy) is 1. The summed E-state index contributed by atoms with van der Waals surface area (Å²) in [4.78, 5) is 75.3. The lowest BCUT2D eigenvalue weighted by Crippen LogP contribution is -2.54. The van der Waals surface area contributed by atoms with Crippen LogP contribution in [0.3, 0.4) is 0 Å². The van der Waals surface area contributed by atoms with Crippen molar-refractivity contribution >= 4 is 58.1 Å². The third kappa shape index (κ3) is 8.26. The molecule has 3 aliphatic rings. The highest BCUT2D eigenvalue weighted by molar-refractivity contribution is 7.99. The Morgan fingerprint density at radius 1 is 0.864 bits per heavy atom. The summed E-state index contributed by atoms with van der Waals surface area (Å²) in [6.45, 7) is 1.23. The number of imide groups is 2. The van der Waals surface area contributed by atoms with Gasteiger partial charge >= 0.3 is 0 Å². The second-order valence-electron chi connectivity index (χ2n) is 14.9. The van der Waals surface area contributed by atoms with Crippen LogP contribution in [0.15, 0.2) is 78.0 Å². The second kappa shape index (κ2) is 17.4. The molecule has 5 heterocycles. The Balaban J connectivity index is 0.783. The molecule has 1 unspecified atom stereocenters. The number of nitrogens with zero attached hydrogens (tertiary/aromatic N) is 6. The number of rotatable bonds is 14. The van der Waals surface area contributed by atoms with Gasteiger partial charge in [0, 0.05) is 31.5 Å². The van der Waals surface area contributed by atoms with Crippen molar-refractivity contribution in [2.24, 2.45) is 0 Å². The first-order chi connectivity index (χ1) is 28.7. The number of para-hydroxylation sites is 1. The first kappa shape index (κ1) is 39.7. The Morgan fingerprint density at radius 3 is 2.36 bits per heavy atom. The van der Waals surface area contributed by atoms with Gasteiger partial charge in [-0.25, -0.2) is 19.0 Å². The highest BCUT2D eigenvalue weighted by Gasteiger charge is 2.46. The Labute approximate surface area is 343 Å². The van der Waals surface area contributed by atoms with Crippen molar-refractivity contribution in [2.75, 3.05) is 24.6 Å². The zero-order valence-electron chi connectivity index (χ0n) is 32.3. The van der Waals surface area contributed by atoms with E-state index in [1.807, 2.05) is 64.2 Å². The molecule has 2 fully saturated rings. The fraction of sp³-hybridized carbons (Fsp3) is 0.349. The number of benzene rings is 3. The first-order valence-corrected chi connectivity index (χ1v) is 20.9. The first-order valence-electron chi connectivity index (χ1n) is 19.9. The Kier molecular flexibility index (Phi) is 11.7. The minimum absolute atomic E-state index is 0.00976. The number of anilines is 1. The second-order valence-corrected chi connectivity index (χ2v) is 16.0. The normalized spacial score (nSPS) is 17.1. The summed E-state index contributed by atoms with van der Waals surface area (Å²) >= 11 is 1.18. The van der Waals surface area contributed by atoms with Gasteiger partial charge in [0.25, 0.3) is 11.8 Å². The molecule has 0 bridgehead atoms. The van der Waals surface area contributed by atoms with Gasteiger partial charge in [-0.2, -0.15) is 5.10 Å². The minimum Gasteiger partial charge on any atom is -0.457 e. The number of hydrogen-bond acceptors (Lipinski definition) is 11. The highest BCUT2D eigenvalue weighted by Crippen LogP contribution is 2.38. The molecule has 5 aromatic rings. The summed E-state index contributed by atoms with van der Waals surface area (Å²) in [6, 6.07) is 18.6. The van der Waals surface area contributed by atoms with E-state index in [-0.39, 0.29) is 40.8 Å². The van der Waals surface area contributed by atoms with Crippen molar-refractivity contribution < 1.29 is 33.1 Å². The zero-order valence-corrected chi connectivity index (χ0v) is 33.1. The van der Waals surface area contributed by atoms with Gasteiger partial charge in [-0.15, -0.1) is 11.8 Å². The zero-order chi connectivity index (χ0) is 41.0. The van der Waals surface area contributed by atoms with Crippen molar-refractivity contribution in [3.05, 3.63) is 90.0 Å². The number of fused-ring (bicyclic) bond motifs is 2. The van der Waals surface area contributed by atoms with Crippen LogP contribution >= 0.6 is 11.8 Å². The predicted molar refractivity (Wildman–Crippen MR) is 218 cm³/mol. The van der Waals surface area contributed by atoms with Crippen LogP contribution < -0.4 is 15.8 Å². The average molecular weight is 819 g/mol. The largest absolute Gasteiger partial charge is 0.457 e. The van der Waals surface area contributed by atoms with Crippen molar-refractivity contribution in [2.45, 2.75) is 81.2 Å². The van der Waals surface area contributed by atoms with E-state index in [0.717, 1.165) is 61.2 Å². The number of piperidine rings is 2. The number of nitrogens with two attached hydrogens (primary N) is 1. The highest BCUT2D eigenvalue weighted by atomic mass is 32.2. The number of nitrogen functional groups attached to an aromatic ring is 1. The molecular weight excluding hydrogens is 776 g/mol. The number of hydrogen-bond donors (Lipinski definition) is 2. The fourth-order valence-electron chi connectivity index (χ4n) is 8.00. The number of amides is 5. The van der Waals surface area contributed by atoms with Gasteiger partial charge in [-0.1, -0.05) is 37.5 Å². The van der Waals surface area contributed by atoms with Crippen LogP contribution in [-0.4, -0.2) is 84.0 Å². The molecule has 2 aromatic heterocycles. The van der Waals surface area contributed by atoms with Crippen molar-refractivity contribution in [1.82, 2.24) is 34.9 Å². The molecule has 8 rings (SSSR count). The predicted octanol–water partition coefficient (Wildman–Crippen LogP) is 6.70. The van der Waals surface area contributed by atoms with E-state index in [1.165, 1.54) is 30.2 Å². The number of thioether (sulfide) groups is 1. The monoisotopic (exact) mass is 818 g/mol. The number of carbonyl (C=O) groups excluding carboxylic acids is 5. The molecule has 3 aromatic carbocycles. The maximum absolute atomic E-state index is 15.0. The summed E-state index contributed by atoms with van der Waals surface area (Å²) < 4.78 is 22.9. The van der Waals surface area contributed by atoms with Crippen molar-refractivity contribution in [3.8, 4) is 22.8 Å². The number of halogens is 1. The molecule has 5 amide bonds. The third-order valence-corrected chi connectivity index (χ3v) is 12.3. The van der Waals surface area contributed by atoms with Crippen molar-refractivity contribution in [3.63, 3.8) is 0 Å². The van der Waals surface area contributed by atoms with Crippen molar-refractivity contribution in [1.29, 1.82) is 0 Å². The summed E-state index contributed by atoms with van der Waals surface area (Å²) in [5, 5.41) is 7.87. The third-order valence-electron chi connectivity index (χ3n) is 11.1. The number of carbonyl (C=O) groups is 5. The van der Waals surface area contributed by atoms with E-state index >= 15 is 0 Å². The summed E-state index contributed by atoms with van der Waals surface area (Å²) in [5.41, 5.74) is 8.64. The maximum atomic E-state index is 15.0. The molecule has 14 nitrogen and oxygen atoms in total. The van der Waals surface area contributed by atoms with E-state index < -0.39 is 35.5 Å². The Hall–Kier alpha value is -6.16. The number of unbranched alkanes of at least 4 members (excludes halogenated alkanes) is 4. The summed E-state index contributed by atoms with van der Waals surface area (Å²) in [6.07, 6.45) is 7.56. The molecule has 16 heteroatoms. The minimum atomic E-state index is -1.11. The van der Waals surface area contributed by atoms with Crippen LogP contribution in [0.1, 0.15) is 91.0 Å². The number of aromatic nitrogens is 4. The van der Waals surface area contributed by atoms with Gasteiger partial charge in [0.2, 0.25) is 17.7 Å². The van der Waals surface area contributed by atoms with Gasteiger partial charge < -0.3 is 15.4 Å². The lowest BCUT2D eigenvalue weighted by atomic mass is 10.0. The van der Waals surface area contributed by atoms with Crippen LogP contribution in [0.25, 0.3) is 22.3 Å². The molecule has 0 spiro atoms. The molecule has 0 saturated carbocycles. The number of likely N-dealkylation sites (tertiary alicyclic amines) is 1. The molecule has 0 aliphatic carbocycles. The SMILES string of the molecule is Nc1ncnc2c1c(-c1ccc(Oc3ccccc3)cc1)nn2C1CCN(C(=O)CCCCCCCSc2c(F)ccc3c2C(=O)N(C2CCC(=O)NC2=O)C3=O)CC1. The fourth-order valence-corrected chi connectivity index (χ4v) is 9.10. The standard InChI is InChI=1S/C43H43FN8O6S/c44-31-17-16-30-35(43(57)51(42(30)56)32-18-19-33(53)48-41(32)55)38(31)59-24-8-3-1-2-7-11-34(54)50-22-20-27(21-23-50)52-40-36(39(45)46-25-47-40)37(49-52)26-12-14-29(15-13-26)58-28-9-5-4-6-10-28/h4-6,9-10,12-17,25,27,32H,1-3,7-8,11,18-24H2,(H2,45,46,47)(H,48,53,55). The van der Waals surface area contributed by atoms with Crippen LogP contribution in [0.5, 0.6) is 11.5 Å². The van der Waals surface area contributed by atoms with Gasteiger partial charge in [-0.3, -0.25) is 34.2 Å². The van der Waals surface area contributed by atoms with Crippen LogP contribution in [0, 0.1) is 5.82 Å². The smallest absolute Gasteiger partial charge is 0.263 e. The Bertz CT molecular complexity index is 2420. The lowest BCUT2D eigenvalue weighted by Gasteiger charge is -2.32. The molecule has 1 atom stereocenters. The topological polar surface area (TPSA) is 183 Å². The summed E-state index contributed by atoms with van der Waals surface area (Å²) in [7, 11) is 0. The van der Waals surface area contributed by atoms with E-state index in [4.69, 9.17) is 15.6 Å². The number of nitrogens with one attached hydrogen (secondary N) is 1. The van der Waals surface area contributed by atoms with Gasteiger partial charge in [0.15, 0.2) is 5.65 Å². The van der Waals surface area contributed by atoms with E-state index in [2.05, 4.69) is 15.3 Å². The molecule has 3 aliphatic heterocycles. The molecule has 0 radical (unpaired) electrons. The summed E-state index contributed by atoms with van der Waals surface area (Å²) in [5.74, 6) is -0.666. The van der Waals surface area contributed by atoms with Gasteiger partial charge in [0.1, 0.15) is 41.2 Å². The van der Waals surface area contributed by atoms with Crippen LogP contribution in [-0.2, 0) is 14.4 Å². The van der Waals surface area contributed by atoms with Crippen LogP contribution in [0.4, 0.5) is 10.2 Å². The molecule has 3 N–H and O–H groups in total. The van der Waals surface area contributed by atoms with E-state index in [1.54, 1.807) is 0 Å². The molecular formula is C43H43FN8O6S. The Morgan fingerprint density at radius 2 is 1.59 bits per heavy atom. The van der Waals surface area contributed by atoms with Gasteiger partial charge in [-0.05, 0) is 86.4 Å². The lowest BCUT2D eigenvalue weighted by molar-refractivity contribution is -0.136. The molecule has 304 valence electrons.